The van der Waals surface area contributed by atoms with Gasteiger partial charge in [0.15, 0.2) is 11.6 Å². The standard InChI is InChI=1S/C10H6F2N4O3S/c1-4-13-10(20-15-4)14-9(17)5-2-6(11)7(12)3-8(5)16(18)19/h2-3H,1H3,(H,13,14,15,17). The second-order valence-corrected chi connectivity index (χ2v) is 4.39. The minimum absolute atomic E-state index is 0.103. The molecule has 1 heterocycles. The summed E-state index contributed by atoms with van der Waals surface area (Å²) in [5.74, 6) is -3.31. The number of aromatic nitrogens is 2. The maximum atomic E-state index is 13.1. The molecule has 1 N–H and O–H groups in total. The molecular weight excluding hydrogens is 294 g/mol. The predicted octanol–water partition coefficient (Wildman–Crippen LogP) is 2.29. The van der Waals surface area contributed by atoms with Crippen molar-refractivity contribution >= 4 is 28.3 Å². The molecule has 7 nitrogen and oxygen atoms in total. The molecule has 2 aromatic rings. The molecule has 1 amide bonds. The highest BCUT2D eigenvalue weighted by Gasteiger charge is 2.24. The fourth-order valence-electron chi connectivity index (χ4n) is 1.38. The van der Waals surface area contributed by atoms with Gasteiger partial charge in [0.05, 0.1) is 11.0 Å². The van der Waals surface area contributed by atoms with Crippen molar-refractivity contribution in [3.8, 4) is 0 Å². The molecular formula is C10H6F2N4O3S. The first-order valence-electron chi connectivity index (χ1n) is 5.13. The van der Waals surface area contributed by atoms with E-state index in [4.69, 9.17) is 0 Å². The van der Waals surface area contributed by atoms with Crippen LogP contribution in [0.2, 0.25) is 0 Å². The molecule has 2 rings (SSSR count). The fourth-order valence-corrected chi connectivity index (χ4v) is 1.95. The van der Waals surface area contributed by atoms with Crippen molar-refractivity contribution in [3.05, 3.63) is 45.3 Å². The molecule has 0 spiro atoms. The van der Waals surface area contributed by atoms with Crippen molar-refractivity contribution < 1.29 is 18.5 Å². The van der Waals surface area contributed by atoms with E-state index in [0.29, 0.717) is 18.0 Å². The van der Waals surface area contributed by atoms with E-state index in [2.05, 4.69) is 14.7 Å². The largest absolute Gasteiger partial charge is 0.296 e. The summed E-state index contributed by atoms with van der Waals surface area (Å²) in [6.07, 6.45) is 0. The SMILES string of the molecule is Cc1nsc(NC(=O)c2cc(F)c(F)cc2[N+](=O)[O-])n1. The van der Waals surface area contributed by atoms with Crippen LogP contribution in [0.4, 0.5) is 19.6 Å². The Balaban J connectivity index is 2.38. The molecule has 0 fully saturated rings. The van der Waals surface area contributed by atoms with Crippen LogP contribution in [-0.2, 0) is 0 Å². The van der Waals surface area contributed by atoms with Crippen LogP contribution in [0, 0.1) is 28.7 Å². The molecule has 0 saturated heterocycles. The zero-order chi connectivity index (χ0) is 14.9. The van der Waals surface area contributed by atoms with Crippen LogP contribution in [0.1, 0.15) is 16.2 Å². The van der Waals surface area contributed by atoms with Gasteiger partial charge in [-0.3, -0.25) is 20.2 Å². The van der Waals surface area contributed by atoms with Gasteiger partial charge in [-0.1, -0.05) is 0 Å². The van der Waals surface area contributed by atoms with E-state index >= 15 is 0 Å². The first-order chi connectivity index (χ1) is 9.38. The molecule has 20 heavy (non-hydrogen) atoms. The molecule has 0 unspecified atom stereocenters. The van der Waals surface area contributed by atoms with Crippen molar-refractivity contribution in [1.82, 2.24) is 9.36 Å². The van der Waals surface area contributed by atoms with E-state index in [1.165, 1.54) is 0 Å². The van der Waals surface area contributed by atoms with E-state index in [1.54, 1.807) is 6.92 Å². The van der Waals surface area contributed by atoms with E-state index in [-0.39, 0.29) is 5.13 Å². The zero-order valence-electron chi connectivity index (χ0n) is 9.89. The number of halogens is 2. The first-order valence-corrected chi connectivity index (χ1v) is 5.91. The number of amides is 1. The first kappa shape index (κ1) is 13.9. The zero-order valence-corrected chi connectivity index (χ0v) is 10.7. The van der Waals surface area contributed by atoms with E-state index in [9.17, 15) is 23.7 Å². The minimum atomic E-state index is -1.40. The number of nitro benzene ring substituents is 1. The third-order valence-corrected chi connectivity index (χ3v) is 2.95. The second kappa shape index (κ2) is 5.25. The number of nitrogens with one attached hydrogen (secondary N) is 1. The molecule has 0 bridgehead atoms. The van der Waals surface area contributed by atoms with Crippen LogP contribution in [0.15, 0.2) is 12.1 Å². The number of rotatable bonds is 3. The Bertz CT molecular complexity index is 704. The smallest absolute Gasteiger partial charge is 0.285 e. The number of carbonyl (C=O) groups is 1. The van der Waals surface area contributed by atoms with Crippen LogP contribution in [-0.4, -0.2) is 20.2 Å². The predicted molar refractivity (Wildman–Crippen MR) is 65.6 cm³/mol. The lowest BCUT2D eigenvalue weighted by atomic mass is 10.1. The van der Waals surface area contributed by atoms with Gasteiger partial charge in [0.1, 0.15) is 11.4 Å². The quantitative estimate of drug-likeness (QED) is 0.692. The summed E-state index contributed by atoms with van der Waals surface area (Å²) in [4.78, 5) is 25.5. The summed E-state index contributed by atoms with van der Waals surface area (Å²) >= 11 is 0.863. The van der Waals surface area contributed by atoms with Gasteiger partial charge in [0, 0.05) is 11.5 Å². The second-order valence-electron chi connectivity index (χ2n) is 3.64. The molecule has 104 valence electrons. The van der Waals surface area contributed by atoms with Gasteiger partial charge in [-0.05, 0) is 13.0 Å². The number of nitrogens with zero attached hydrogens (tertiary/aromatic N) is 3. The summed E-state index contributed by atoms with van der Waals surface area (Å²) in [6, 6.07) is 0.826. The number of benzene rings is 1. The Morgan fingerprint density at radius 1 is 1.40 bits per heavy atom. The number of anilines is 1. The maximum Gasteiger partial charge on any atom is 0.285 e. The molecule has 1 aromatic carbocycles. The fraction of sp³-hybridized carbons (Fsp3) is 0.100. The highest BCUT2D eigenvalue weighted by atomic mass is 32.1. The lowest BCUT2D eigenvalue weighted by Crippen LogP contribution is -2.14. The van der Waals surface area contributed by atoms with Gasteiger partial charge < -0.3 is 0 Å². The number of carbonyl (C=O) groups excluding carboxylic acids is 1. The molecule has 0 aliphatic rings. The van der Waals surface area contributed by atoms with Gasteiger partial charge in [-0.25, -0.2) is 13.8 Å². The van der Waals surface area contributed by atoms with Crippen molar-refractivity contribution in [1.29, 1.82) is 0 Å². The van der Waals surface area contributed by atoms with Gasteiger partial charge in [0.25, 0.3) is 11.6 Å². The van der Waals surface area contributed by atoms with Crippen molar-refractivity contribution in [3.63, 3.8) is 0 Å². The minimum Gasteiger partial charge on any atom is -0.296 e. The Hall–Kier alpha value is -2.49. The van der Waals surface area contributed by atoms with E-state index in [1.807, 2.05) is 0 Å². The summed E-state index contributed by atoms with van der Waals surface area (Å²) in [6.45, 7) is 1.59. The molecule has 0 saturated carbocycles. The summed E-state index contributed by atoms with van der Waals surface area (Å²) in [5, 5.41) is 13.1. The van der Waals surface area contributed by atoms with Crippen molar-refractivity contribution in [2.75, 3.05) is 5.32 Å². The van der Waals surface area contributed by atoms with Gasteiger partial charge in [-0.2, -0.15) is 4.37 Å². The lowest BCUT2D eigenvalue weighted by molar-refractivity contribution is -0.385. The third kappa shape index (κ3) is 2.74. The summed E-state index contributed by atoms with van der Waals surface area (Å²) in [5.41, 5.74) is -1.43. The van der Waals surface area contributed by atoms with E-state index < -0.39 is 33.7 Å². The van der Waals surface area contributed by atoms with Crippen LogP contribution in [0.25, 0.3) is 0 Å². The number of nitro groups is 1. The van der Waals surface area contributed by atoms with Gasteiger partial charge >= 0.3 is 0 Å². The molecule has 0 atom stereocenters. The van der Waals surface area contributed by atoms with Gasteiger partial charge in [-0.15, -0.1) is 0 Å². The normalized spacial score (nSPS) is 10.3. The number of hydrogen-bond acceptors (Lipinski definition) is 6. The molecule has 1 aromatic heterocycles. The molecule has 0 aliphatic carbocycles. The maximum absolute atomic E-state index is 13.1. The lowest BCUT2D eigenvalue weighted by Gasteiger charge is -2.03. The molecule has 0 radical (unpaired) electrons. The van der Waals surface area contributed by atoms with Crippen molar-refractivity contribution in [2.45, 2.75) is 6.92 Å². The Labute approximate surface area is 114 Å². The average Bonchev–Trinajstić information content (AvgIpc) is 2.77. The van der Waals surface area contributed by atoms with Gasteiger partial charge in [0.2, 0.25) is 5.13 Å². The van der Waals surface area contributed by atoms with Crippen LogP contribution in [0.3, 0.4) is 0 Å². The topological polar surface area (TPSA) is 98.0 Å². The van der Waals surface area contributed by atoms with E-state index in [0.717, 1.165) is 11.5 Å². The molecule has 0 aliphatic heterocycles. The van der Waals surface area contributed by atoms with Crippen LogP contribution < -0.4 is 5.32 Å². The highest BCUT2D eigenvalue weighted by molar-refractivity contribution is 7.09. The third-order valence-electron chi connectivity index (χ3n) is 2.23. The summed E-state index contributed by atoms with van der Waals surface area (Å²) < 4.78 is 29.9. The Kier molecular flexibility index (Phi) is 3.66. The Morgan fingerprint density at radius 3 is 2.60 bits per heavy atom. The number of aryl methyl sites for hydroxylation is 1. The molecule has 10 heteroatoms. The van der Waals surface area contributed by atoms with Crippen LogP contribution in [0.5, 0.6) is 0 Å². The summed E-state index contributed by atoms with van der Waals surface area (Å²) in [7, 11) is 0. The average molecular weight is 300 g/mol. The Morgan fingerprint density at radius 2 is 2.05 bits per heavy atom. The highest BCUT2D eigenvalue weighted by Crippen LogP contribution is 2.23. The van der Waals surface area contributed by atoms with Crippen molar-refractivity contribution in [2.24, 2.45) is 0 Å². The monoisotopic (exact) mass is 300 g/mol. The number of hydrogen-bond donors (Lipinski definition) is 1. The van der Waals surface area contributed by atoms with Crippen LogP contribution >= 0.6 is 11.5 Å².